The third-order valence-corrected chi connectivity index (χ3v) is 7.19. The van der Waals surface area contributed by atoms with Crippen LogP contribution in [0.25, 0.3) is 0 Å². The van der Waals surface area contributed by atoms with Gasteiger partial charge in [0.15, 0.2) is 11.5 Å². The number of phenolic OH excluding ortho intramolecular Hbond substituents is 1. The van der Waals surface area contributed by atoms with E-state index < -0.39 is 0 Å². The fraction of sp³-hybridized carbons (Fsp3) is 0.514. The Morgan fingerprint density at radius 3 is 1.36 bits per heavy atom. The number of rotatable bonds is 18. The minimum Gasteiger partial charge on any atom is -0.504 e. The van der Waals surface area contributed by atoms with E-state index in [-0.39, 0.29) is 5.75 Å². The lowest BCUT2D eigenvalue weighted by Crippen LogP contribution is -1.89. The van der Waals surface area contributed by atoms with Crippen molar-refractivity contribution in [1.82, 2.24) is 0 Å². The van der Waals surface area contributed by atoms with E-state index in [4.69, 9.17) is 4.74 Å². The maximum Gasteiger partial charge on any atom is 0.161 e. The monoisotopic (exact) mass is 532 g/mol. The van der Waals surface area contributed by atoms with E-state index >= 15 is 0 Å². The van der Waals surface area contributed by atoms with Crippen LogP contribution in [0.15, 0.2) is 88.1 Å². The van der Waals surface area contributed by atoms with Crippen LogP contribution in [0.2, 0.25) is 0 Å². The molecule has 1 aromatic rings. The second kappa shape index (κ2) is 20.2. The molecule has 0 heterocycles. The van der Waals surface area contributed by atoms with Gasteiger partial charge in [-0.3, -0.25) is 0 Å². The summed E-state index contributed by atoms with van der Waals surface area (Å²) in [5.41, 5.74) is 9.67. The average Bonchev–Trinajstić information content (AvgIpc) is 2.88. The summed E-state index contributed by atoms with van der Waals surface area (Å²) in [6.45, 7) is 15.6. The highest BCUT2D eigenvalue weighted by atomic mass is 16.5. The minimum atomic E-state index is 0.249. The predicted octanol–water partition coefficient (Wildman–Crippen LogP) is 11.5. The van der Waals surface area contributed by atoms with Crippen molar-refractivity contribution in [3.63, 3.8) is 0 Å². The smallest absolute Gasteiger partial charge is 0.161 e. The molecule has 1 aromatic carbocycles. The third kappa shape index (κ3) is 16.7. The molecule has 0 unspecified atom stereocenters. The van der Waals surface area contributed by atoms with Gasteiger partial charge in [-0.25, -0.2) is 0 Å². The fourth-order valence-electron chi connectivity index (χ4n) is 4.47. The molecule has 0 aliphatic heterocycles. The number of ether oxygens (including phenoxy) is 1. The van der Waals surface area contributed by atoms with Crippen LogP contribution in [-0.2, 0) is 6.42 Å². The Kier molecular flexibility index (Phi) is 17.8. The molecule has 0 saturated heterocycles. The first kappa shape index (κ1) is 34.3. The van der Waals surface area contributed by atoms with Crippen molar-refractivity contribution < 1.29 is 9.84 Å². The number of hydrogen-bond donors (Lipinski definition) is 1. The molecule has 1 rings (SSSR count). The Morgan fingerprint density at radius 2 is 0.974 bits per heavy atom. The number of para-hydroxylation sites is 1. The van der Waals surface area contributed by atoms with Gasteiger partial charge in [-0.15, -0.1) is 0 Å². The molecule has 0 bridgehead atoms. The molecule has 39 heavy (non-hydrogen) atoms. The molecule has 0 aromatic heterocycles. The van der Waals surface area contributed by atoms with Gasteiger partial charge in [0, 0.05) is 5.56 Å². The van der Waals surface area contributed by atoms with E-state index in [9.17, 15) is 5.11 Å². The highest BCUT2D eigenvalue weighted by Crippen LogP contribution is 2.30. The molecule has 0 spiro atoms. The molecule has 1 N–H and O–H groups in total. The van der Waals surface area contributed by atoms with Crippen molar-refractivity contribution in [3.05, 3.63) is 93.7 Å². The Bertz CT molecular complexity index is 1040. The summed E-state index contributed by atoms with van der Waals surface area (Å²) >= 11 is 0. The SMILES string of the molecule is COc1cccc(C/C=C(\C)CC/C=C(\C)CC/C=C(\C)CC/C=C(\C)CC/C=C(\C)CCC=C(C)C)c1O. The van der Waals surface area contributed by atoms with Gasteiger partial charge in [-0.2, -0.15) is 0 Å². The topological polar surface area (TPSA) is 29.5 Å². The van der Waals surface area contributed by atoms with Gasteiger partial charge in [-0.1, -0.05) is 82.0 Å². The zero-order valence-electron chi connectivity index (χ0n) is 26.3. The number of aromatic hydroxyl groups is 1. The number of allylic oxidation sites excluding steroid dienone is 12. The van der Waals surface area contributed by atoms with Crippen LogP contribution in [0.4, 0.5) is 0 Å². The van der Waals surface area contributed by atoms with Gasteiger partial charge >= 0.3 is 0 Å². The second-order valence-corrected chi connectivity index (χ2v) is 11.4. The first-order valence-electron chi connectivity index (χ1n) is 14.9. The maximum atomic E-state index is 10.3. The lowest BCUT2D eigenvalue weighted by molar-refractivity contribution is 0.371. The van der Waals surface area contributed by atoms with Gasteiger partial charge in [0.25, 0.3) is 0 Å². The molecule has 0 radical (unpaired) electrons. The number of methoxy groups -OCH3 is 1. The second-order valence-electron chi connectivity index (χ2n) is 11.4. The van der Waals surface area contributed by atoms with Crippen LogP contribution < -0.4 is 4.74 Å². The van der Waals surface area contributed by atoms with Crippen LogP contribution in [0, 0.1) is 0 Å². The molecule has 0 fully saturated rings. The van der Waals surface area contributed by atoms with Crippen LogP contribution in [0.1, 0.15) is 118 Å². The summed E-state index contributed by atoms with van der Waals surface area (Å²) < 4.78 is 5.20. The molecule has 2 nitrogen and oxygen atoms in total. The van der Waals surface area contributed by atoms with Gasteiger partial charge in [0.1, 0.15) is 0 Å². The van der Waals surface area contributed by atoms with Crippen molar-refractivity contribution in [2.24, 2.45) is 0 Å². The highest BCUT2D eigenvalue weighted by molar-refractivity contribution is 5.46. The zero-order valence-corrected chi connectivity index (χ0v) is 26.3. The van der Waals surface area contributed by atoms with Crippen molar-refractivity contribution in [1.29, 1.82) is 0 Å². The quantitative estimate of drug-likeness (QED) is 0.190. The molecular weight excluding hydrogens is 476 g/mol. The van der Waals surface area contributed by atoms with Crippen molar-refractivity contribution >= 4 is 0 Å². The fourth-order valence-corrected chi connectivity index (χ4v) is 4.47. The van der Waals surface area contributed by atoms with Crippen LogP contribution in [0.3, 0.4) is 0 Å². The summed E-state index contributed by atoms with van der Waals surface area (Å²) in [4.78, 5) is 0. The first-order valence-corrected chi connectivity index (χ1v) is 14.9. The minimum absolute atomic E-state index is 0.249. The highest BCUT2D eigenvalue weighted by Gasteiger charge is 2.05. The molecule has 0 saturated carbocycles. The first-order chi connectivity index (χ1) is 18.6. The third-order valence-electron chi connectivity index (χ3n) is 7.19. The molecular formula is C37H56O2. The van der Waals surface area contributed by atoms with Gasteiger partial charge < -0.3 is 9.84 Å². The van der Waals surface area contributed by atoms with Crippen LogP contribution >= 0.6 is 0 Å². The van der Waals surface area contributed by atoms with E-state index in [1.165, 1.54) is 46.3 Å². The number of benzene rings is 1. The van der Waals surface area contributed by atoms with Crippen molar-refractivity contribution in [2.45, 2.75) is 119 Å². The molecule has 2 heteroatoms. The predicted molar refractivity (Wildman–Crippen MR) is 173 cm³/mol. The van der Waals surface area contributed by atoms with E-state index in [1.54, 1.807) is 13.2 Å². The van der Waals surface area contributed by atoms with Crippen LogP contribution in [-0.4, -0.2) is 12.2 Å². The molecule has 216 valence electrons. The molecule has 0 aliphatic carbocycles. The van der Waals surface area contributed by atoms with E-state index in [2.05, 4.69) is 84.9 Å². The normalized spacial score (nSPS) is 13.6. The Balaban J connectivity index is 2.30. The summed E-state index contributed by atoms with van der Waals surface area (Å²) in [5, 5.41) is 10.3. The average molecular weight is 533 g/mol. The Labute approximate surface area is 241 Å². The maximum absolute atomic E-state index is 10.3. The molecule has 0 amide bonds. The van der Waals surface area contributed by atoms with E-state index in [0.29, 0.717) is 5.75 Å². The van der Waals surface area contributed by atoms with Crippen LogP contribution in [0.5, 0.6) is 11.5 Å². The lowest BCUT2D eigenvalue weighted by Gasteiger charge is -2.07. The van der Waals surface area contributed by atoms with Crippen molar-refractivity contribution in [3.8, 4) is 11.5 Å². The largest absolute Gasteiger partial charge is 0.504 e. The van der Waals surface area contributed by atoms with E-state index in [1.807, 2.05) is 12.1 Å². The summed E-state index contributed by atoms with van der Waals surface area (Å²) in [6.07, 6.45) is 26.3. The van der Waals surface area contributed by atoms with Gasteiger partial charge in [0.2, 0.25) is 0 Å². The van der Waals surface area contributed by atoms with Crippen molar-refractivity contribution in [2.75, 3.05) is 7.11 Å². The Hall–Kier alpha value is -2.74. The summed E-state index contributed by atoms with van der Waals surface area (Å²) in [6, 6.07) is 5.66. The number of phenols is 1. The van der Waals surface area contributed by atoms with Gasteiger partial charge in [0.05, 0.1) is 7.11 Å². The molecule has 0 atom stereocenters. The zero-order chi connectivity index (χ0) is 29.0. The molecule has 0 aliphatic rings. The Morgan fingerprint density at radius 1 is 0.590 bits per heavy atom. The lowest BCUT2D eigenvalue weighted by atomic mass is 10.0. The summed E-state index contributed by atoms with van der Waals surface area (Å²) in [5.74, 6) is 0.784. The van der Waals surface area contributed by atoms with Gasteiger partial charge in [-0.05, 0) is 125 Å². The van der Waals surface area contributed by atoms with E-state index in [0.717, 1.165) is 63.4 Å². The summed E-state index contributed by atoms with van der Waals surface area (Å²) in [7, 11) is 1.58. The standard InChI is InChI=1S/C37H56O2/c1-29(2)15-9-16-30(3)17-10-18-31(4)19-11-20-32(5)21-12-22-33(6)23-13-24-34(7)27-28-35-25-14-26-36(39-8)37(35)38/h14-15,17,19,21,23,25-27,38H,9-13,16,18,20,22,24,28H2,1-8H3/b30-17+,31-19+,32-21+,33-23+,34-27+. The number of hydrogen-bond acceptors (Lipinski definition) is 2.